The number of benzene rings is 1. The van der Waals surface area contributed by atoms with Crippen LogP contribution in [0.5, 0.6) is 5.75 Å². The second-order valence-electron chi connectivity index (χ2n) is 5.00. The Kier molecular flexibility index (Phi) is 4.80. The van der Waals surface area contributed by atoms with Crippen LogP contribution in [0, 0.1) is 0 Å². The molecule has 0 radical (unpaired) electrons. The quantitative estimate of drug-likeness (QED) is 0.872. The molecule has 0 spiro atoms. The summed E-state index contributed by atoms with van der Waals surface area (Å²) < 4.78 is 5.15. The van der Waals surface area contributed by atoms with E-state index in [-0.39, 0.29) is 18.0 Å². The standard InChI is InChI=1S/C15H22N2O2/c1-11(12-6-8-13(19-2)9-7-12)17-14-5-3-4-10-16-15(14)18/h6-9,11,14,17H,3-5,10H2,1-2H3,(H,16,18). The summed E-state index contributed by atoms with van der Waals surface area (Å²) >= 11 is 0. The van der Waals surface area contributed by atoms with Crippen molar-refractivity contribution in [1.29, 1.82) is 0 Å². The Hall–Kier alpha value is -1.55. The summed E-state index contributed by atoms with van der Waals surface area (Å²) in [4.78, 5) is 11.9. The number of carbonyl (C=O) groups excluding carboxylic acids is 1. The summed E-state index contributed by atoms with van der Waals surface area (Å²) in [6, 6.07) is 8.02. The molecule has 1 aromatic carbocycles. The highest BCUT2D eigenvalue weighted by Crippen LogP contribution is 2.19. The summed E-state index contributed by atoms with van der Waals surface area (Å²) in [5.74, 6) is 0.973. The third kappa shape index (κ3) is 3.70. The van der Waals surface area contributed by atoms with Gasteiger partial charge in [-0.2, -0.15) is 0 Å². The van der Waals surface area contributed by atoms with E-state index in [1.54, 1.807) is 7.11 Å². The molecule has 2 N–H and O–H groups in total. The van der Waals surface area contributed by atoms with Gasteiger partial charge < -0.3 is 10.1 Å². The molecule has 2 atom stereocenters. The Balaban J connectivity index is 1.98. The average molecular weight is 262 g/mol. The first kappa shape index (κ1) is 13.9. The van der Waals surface area contributed by atoms with Crippen LogP contribution < -0.4 is 15.4 Å². The Morgan fingerprint density at radius 2 is 2.05 bits per heavy atom. The smallest absolute Gasteiger partial charge is 0.237 e. The number of hydrogen-bond acceptors (Lipinski definition) is 3. The van der Waals surface area contributed by atoms with Crippen LogP contribution in [-0.4, -0.2) is 25.6 Å². The van der Waals surface area contributed by atoms with Crippen molar-refractivity contribution in [2.24, 2.45) is 0 Å². The van der Waals surface area contributed by atoms with E-state index in [9.17, 15) is 4.79 Å². The van der Waals surface area contributed by atoms with Gasteiger partial charge in [0.05, 0.1) is 13.2 Å². The highest BCUT2D eigenvalue weighted by atomic mass is 16.5. The lowest BCUT2D eigenvalue weighted by Crippen LogP contribution is -2.43. The van der Waals surface area contributed by atoms with E-state index in [1.807, 2.05) is 24.3 Å². The van der Waals surface area contributed by atoms with Gasteiger partial charge in [-0.15, -0.1) is 0 Å². The van der Waals surface area contributed by atoms with Crippen molar-refractivity contribution in [2.45, 2.75) is 38.3 Å². The number of hydrogen-bond donors (Lipinski definition) is 2. The van der Waals surface area contributed by atoms with Crippen LogP contribution >= 0.6 is 0 Å². The SMILES string of the molecule is COc1ccc(C(C)NC2CCCCNC2=O)cc1. The third-order valence-corrected chi connectivity index (χ3v) is 3.60. The highest BCUT2D eigenvalue weighted by molar-refractivity contribution is 5.81. The first-order chi connectivity index (χ1) is 9.20. The minimum atomic E-state index is -0.0837. The Morgan fingerprint density at radius 1 is 1.32 bits per heavy atom. The lowest BCUT2D eigenvalue weighted by Gasteiger charge is -2.21. The molecule has 0 saturated carbocycles. The maximum atomic E-state index is 11.9. The third-order valence-electron chi connectivity index (χ3n) is 3.60. The molecular formula is C15H22N2O2. The zero-order valence-electron chi connectivity index (χ0n) is 11.6. The molecule has 4 heteroatoms. The van der Waals surface area contributed by atoms with E-state index >= 15 is 0 Å². The second kappa shape index (κ2) is 6.57. The van der Waals surface area contributed by atoms with E-state index < -0.39 is 0 Å². The van der Waals surface area contributed by atoms with Gasteiger partial charge in [0.25, 0.3) is 0 Å². The van der Waals surface area contributed by atoms with Crippen molar-refractivity contribution in [3.63, 3.8) is 0 Å². The van der Waals surface area contributed by atoms with Gasteiger partial charge in [0.2, 0.25) is 5.91 Å². The molecule has 1 aliphatic rings. The Morgan fingerprint density at radius 3 is 2.74 bits per heavy atom. The Bertz CT molecular complexity index is 417. The van der Waals surface area contributed by atoms with Gasteiger partial charge in [-0.05, 0) is 43.9 Å². The number of methoxy groups -OCH3 is 1. The van der Waals surface area contributed by atoms with Crippen LogP contribution in [0.15, 0.2) is 24.3 Å². The minimum absolute atomic E-state index is 0.0837. The molecule has 0 bridgehead atoms. The molecule has 0 aromatic heterocycles. The van der Waals surface area contributed by atoms with Crippen LogP contribution in [-0.2, 0) is 4.79 Å². The fourth-order valence-electron chi connectivity index (χ4n) is 2.39. The lowest BCUT2D eigenvalue weighted by molar-refractivity contribution is -0.123. The van der Waals surface area contributed by atoms with Crippen molar-refractivity contribution < 1.29 is 9.53 Å². The monoisotopic (exact) mass is 262 g/mol. The fraction of sp³-hybridized carbons (Fsp3) is 0.533. The molecule has 1 heterocycles. The molecule has 1 aliphatic heterocycles. The van der Waals surface area contributed by atoms with Crippen molar-refractivity contribution in [2.75, 3.05) is 13.7 Å². The molecule has 2 rings (SSSR count). The molecule has 0 aliphatic carbocycles. The van der Waals surface area contributed by atoms with Crippen molar-refractivity contribution >= 4 is 5.91 Å². The number of nitrogens with one attached hydrogen (secondary N) is 2. The molecule has 19 heavy (non-hydrogen) atoms. The lowest BCUT2D eigenvalue weighted by atomic mass is 10.0. The summed E-state index contributed by atoms with van der Waals surface area (Å²) in [6.07, 6.45) is 3.07. The number of carbonyl (C=O) groups is 1. The molecule has 1 aromatic rings. The van der Waals surface area contributed by atoms with Crippen molar-refractivity contribution in [1.82, 2.24) is 10.6 Å². The second-order valence-corrected chi connectivity index (χ2v) is 5.00. The van der Waals surface area contributed by atoms with Gasteiger partial charge in [0.15, 0.2) is 0 Å². The van der Waals surface area contributed by atoms with Gasteiger partial charge in [0, 0.05) is 12.6 Å². The molecule has 2 unspecified atom stereocenters. The van der Waals surface area contributed by atoms with Crippen LogP contribution in [0.1, 0.15) is 37.8 Å². The predicted molar refractivity (Wildman–Crippen MR) is 75.2 cm³/mol. The van der Waals surface area contributed by atoms with Crippen LogP contribution in [0.25, 0.3) is 0 Å². The van der Waals surface area contributed by atoms with Gasteiger partial charge >= 0.3 is 0 Å². The van der Waals surface area contributed by atoms with Crippen molar-refractivity contribution in [3.8, 4) is 5.75 Å². The molecule has 4 nitrogen and oxygen atoms in total. The molecular weight excluding hydrogens is 240 g/mol. The molecule has 104 valence electrons. The van der Waals surface area contributed by atoms with Gasteiger partial charge in [0.1, 0.15) is 5.75 Å². The van der Waals surface area contributed by atoms with E-state index in [0.29, 0.717) is 0 Å². The Labute approximate surface area is 114 Å². The minimum Gasteiger partial charge on any atom is -0.497 e. The van der Waals surface area contributed by atoms with E-state index in [0.717, 1.165) is 37.1 Å². The summed E-state index contributed by atoms with van der Waals surface area (Å²) in [7, 11) is 1.66. The maximum Gasteiger partial charge on any atom is 0.237 e. The van der Waals surface area contributed by atoms with Gasteiger partial charge in [-0.1, -0.05) is 12.1 Å². The van der Waals surface area contributed by atoms with Gasteiger partial charge in [-0.3, -0.25) is 10.1 Å². The predicted octanol–water partition coefficient (Wildman–Crippen LogP) is 2.01. The average Bonchev–Trinajstić information content (AvgIpc) is 2.64. The van der Waals surface area contributed by atoms with Crippen molar-refractivity contribution in [3.05, 3.63) is 29.8 Å². The largest absolute Gasteiger partial charge is 0.497 e. The summed E-state index contributed by atoms with van der Waals surface area (Å²) in [6.45, 7) is 2.88. The van der Waals surface area contributed by atoms with E-state index in [4.69, 9.17) is 4.74 Å². The van der Waals surface area contributed by atoms with E-state index in [1.165, 1.54) is 0 Å². The zero-order chi connectivity index (χ0) is 13.7. The zero-order valence-corrected chi connectivity index (χ0v) is 11.6. The number of rotatable bonds is 4. The fourth-order valence-corrected chi connectivity index (χ4v) is 2.39. The number of ether oxygens (including phenoxy) is 1. The van der Waals surface area contributed by atoms with E-state index in [2.05, 4.69) is 17.6 Å². The van der Waals surface area contributed by atoms with Crippen LogP contribution in [0.3, 0.4) is 0 Å². The maximum absolute atomic E-state index is 11.9. The molecule has 1 saturated heterocycles. The van der Waals surface area contributed by atoms with Gasteiger partial charge in [-0.25, -0.2) is 0 Å². The first-order valence-electron chi connectivity index (χ1n) is 6.88. The molecule has 1 amide bonds. The number of amides is 1. The summed E-state index contributed by atoms with van der Waals surface area (Å²) in [5.41, 5.74) is 1.16. The van der Waals surface area contributed by atoms with Crippen LogP contribution in [0.2, 0.25) is 0 Å². The van der Waals surface area contributed by atoms with Crippen LogP contribution in [0.4, 0.5) is 0 Å². The topological polar surface area (TPSA) is 50.4 Å². The molecule has 1 fully saturated rings. The highest BCUT2D eigenvalue weighted by Gasteiger charge is 2.22. The summed E-state index contributed by atoms with van der Waals surface area (Å²) in [5, 5.41) is 6.36. The first-order valence-corrected chi connectivity index (χ1v) is 6.88. The normalized spacial score (nSPS) is 21.4.